The van der Waals surface area contributed by atoms with E-state index in [1.807, 2.05) is 19.1 Å². The van der Waals surface area contributed by atoms with Gasteiger partial charge in [0.1, 0.15) is 0 Å². The average molecular weight is 339 g/mol. The van der Waals surface area contributed by atoms with Crippen LogP contribution >= 0.6 is 23.2 Å². The summed E-state index contributed by atoms with van der Waals surface area (Å²) in [5, 5.41) is 13.5. The molecule has 2 rings (SSSR count). The minimum atomic E-state index is -0.957. The summed E-state index contributed by atoms with van der Waals surface area (Å²) >= 11 is 12.0. The van der Waals surface area contributed by atoms with E-state index >= 15 is 0 Å². The normalized spacial score (nSPS) is 12.0. The van der Waals surface area contributed by atoms with Crippen molar-refractivity contribution in [3.05, 3.63) is 63.4 Å². The lowest BCUT2D eigenvalue weighted by molar-refractivity contribution is -0.120. The summed E-state index contributed by atoms with van der Waals surface area (Å²) in [5.41, 5.74) is 2.13. The van der Waals surface area contributed by atoms with Crippen LogP contribution in [0.5, 0.6) is 0 Å². The molecule has 1 aromatic carbocycles. The van der Waals surface area contributed by atoms with E-state index < -0.39 is 6.10 Å². The number of aliphatic hydroxyl groups excluding tert-OH is 1. The van der Waals surface area contributed by atoms with Crippen LogP contribution in [0.15, 0.2) is 36.5 Å². The number of aromatic nitrogens is 1. The van der Waals surface area contributed by atoms with Crippen molar-refractivity contribution in [3.63, 3.8) is 0 Å². The Labute approximate surface area is 139 Å². The van der Waals surface area contributed by atoms with Crippen molar-refractivity contribution < 1.29 is 9.90 Å². The largest absolute Gasteiger partial charge is 0.386 e. The van der Waals surface area contributed by atoms with E-state index in [-0.39, 0.29) is 18.9 Å². The summed E-state index contributed by atoms with van der Waals surface area (Å²) in [6, 6.07) is 8.69. The van der Waals surface area contributed by atoms with Gasteiger partial charge in [0.25, 0.3) is 0 Å². The molecule has 0 bridgehead atoms. The molecule has 2 aromatic rings. The van der Waals surface area contributed by atoms with E-state index in [1.165, 1.54) is 0 Å². The SMILES string of the molecule is Cc1ccc(CC(=O)NCC(O)c2c(Cl)cccc2Cl)cn1. The highest BCUT2D eigenvalue weighted by molar-refractivity contribution is 6.36. The minimum Gasteiger partial charge on any atom is -0.386 e. The van der Waals surface area contributed by atoms with Crippen LogP contribution in [-0.4, -0.2) is 22.5 Å². The molecule has 1 unspecified atom stereocenters. The number of aryl methyl sites for hydroxylation is 1. The second-order valence-electron chi connectivity index (χ2n) is 4.94. The van der Waals surface area contributed by atoms with Gasteiger partial charge in [0, 0.05) is 34.0 Å². The third-order valence-corrected chi connectivity index (χ3v) is 3.82. The Morgan fingerprint density at radius 3 is 2.55 bits per heavy atom. The zero-order chi connectivity index (χ0) is 16.1. The summed E-state index contributed by atoms with van der Waals surface area (Å²) < 4.78 is 0. The van der Waals surface area contributed by atoms with Crippen LogP contribution in [0.25, 0.3) is 0 Å². The van der Waals surface area contributed by atoms with Gasteiger partial charge in [-0.15, -0.1) is 0 Å². The smallest absolute Gasteiger partial charge is 0.224 e. The monoisotopic (exact) mass is 338 g/mol. The third kappa shape index (κ3) is 4.44. The van der Waals surface area contributed by atoms with E-state index in [1.54, 1.807) is 24.4 Å². The number of carbonyl (C=O) groups excluding carboxylic acids is 1. The fourth-order valence-corrected chi connectivity index (χ4v) is 2.64. The summed E-state index contributed by atoms with van der Waals surface area (Å²) in [6.07, 6.45) is 0.910. The van der Waals surface area contributed by atoms with Gasteiger partial charge in [0.15, 0.2) is 0 Å². The molecule has 0 saturated carbocycles. The van der Waals surface area contributed by atoms with Crippen molar-refractivity contribution in [2.75, 3.05) is 6.54 Å². The van der Waals surface area contributed by atoms with Crippen LogP contribution in [0.4, 0.5) is 0 Å². The lowest BCUT2D eigenvalue weighted by Crippen LogP contribution is -2.29. The molecular formula is C16H16Cl2N2O2. The van der Waals surface area contributed by atoms with Crippen molar-refractivity contribution >= 4 is 29.1 Å². The Balaban J connectivity index is 1.92. The summed E-state index contributed by atoms with van der Waals surface area (Å²) in [7, 11) is 0. The van der Waals surface area contributed by atoms with E-state index in [0.29, 0.717) is 15.6 Å². The summed E-state index contributed by atoms with van der Waals surface area (Å²) in [4.78, 5) is 16.0. The topological polar surface area (TPSA) is 62.2 Å². The standard InChI is InChI=1S/C16H16Cl2N2O2/c1-10-5-6-11(8-19-10)7-15(22)20-9-14(21)16-12(17)3-2-4-13(16)18/h2-6,8,14,21H,7,9H2,1H3,(H,20,22). The first-order chi connectivity index (χ1) is 10.5. The maximum atomic E-state index is 11.9. The van der Waals surface area contributed by atoms with Gasteiger partial charge in [-0.2, -0.15) is 0 Å². The molecule has 0 spiro atoms. The maximum absolute atomic E-state index is 11.9. The maximum Gasteiger partial charge on any atom is 0.224 e. The van der Waals surface area contributed by atoms with E-state index in [9.17, 15) is 9.90 Å². The number of benzene rings is 1. The van der Waals surface area contributed by atoms with Crippen LogP contribution in [0, 0.1) is 6.92 Å². The zero-order valence-electron chi connectivity index (χ0n) is 12.0. The van der Waals surface area contributed by atoms with Crippen LogP contribution < -0.4 is 5.32 Å². The molecule has 22 heavy (non-hydrogen) atoms. The molecule has 0 aliphatic carbocycles. The van der Waals surface area contributed by atoms with E-state index in [4.69, 9.17) is 23.2 Å². The van der Waals surface area contributed by atoms with Crippen LogP contribution in [0.3, 0.4) is 0 Å². The molecule has 4 nitrogen and oxygen atoms in total. The molecule has 1 amide bonds. The van der Waals surface area contributed by atoms with E-state index in [0.717, 1.165) is 11.3 Å². The highest BCUT2D eigenvalue weighted by Crippen LogP contribution is 2.29. The Morgan fingerprint density at radius 1 is 1.27 bits per heavy atom. The number of aliphatic hydroxyl groups is 1. The number of pyridine rings is 1. The molecule has 1 atom stereocenters. The number of nitrogens with one attached hydrogen (secondary N) is 1. The molecule has 6 heteroatoms. The Morgan fingerprint density at radius 2 is 1.95 bits per heavy atom. The summed E-state index contributed by atoms with van der Waals surface area (Å²) in [6.45, 7) is 1.93. The number of amides is 1. The molecule has 2 N–H and O–H groups in total. The number of rotatable bonds is 5. The number of carbonyl (C=O) groups is 1. The molecule has 1 aromatic heterocycles. The van der Waals surface area contributed by atoms with Crippen molar-refractivity contribution in [2.24, 2.45) is 0 Å². The van der Waals surface area contributed by atoms with Crippen LogP contribution in [-0.2, 0) is 11.2 Å². The molecule has 0 fully saturated rings. The lowest BCUT2D eigenvalue weighted by atomic mass is 10.1. The molecular weight excluding hydrogens is 323 g/mol. The minimum absolute atomic E-state index is 0.0432. The van der Waals surface area contributed by atoms with Crippen molar-refractivity contribution in [1.82, 2.24) is 10.3 Å². The predicted molar refractivity (Wildman–Crippen MR) is 87.1 cm³/mol. The van der Waals surface area contributed by atoms with Crippen LogP contribution in [0.2, 0.25) is 10.0 Å². The molecule has 0 radical (unpaired) electrons. The second-order valence-corrected chi connectivity index (χ2v) is 5.75. The number of hydrogen-bond acceptors (Lipinski definition) is 3. The van der Waals surface area contributed by atoms with Gasteiger partial charge < -0.3 is 10.4 Å². The van der Waals surface area contributed by atoms with Gasteiger partial charge in [-0.25, -0.2) is 0 Å². The molecule has 0 saturated heterocycles. The first kappa shape index (κ1) is 16.7. The second kappa shape index (κ2) is 7.58. The highest BCUT2D eigenvalue weighted by atomic mass is 35.5. The number of hydrogen-bond donors (Lipinski definition) is 2. The molecule has 116 valence electrons. The van der Waals surface area contributed by atoms with E-state index in [2.05, 4.69) is 10.3 Å². The van der Waals surface area contributed by atoms with Crippen LogP contribution in [0.1, 0.15) is 22.9 Å². The van der Waals surface area contributed by atoms with Crippen molar-refractivity contribution in [1.29, 1.82) is 0 Å². The summed E-state index contributed by atoms with van der Waals surface area (Å²) in [5.74, 6) is -0.201. The fraction of sp³-hybridized carbons (Fsp3) is 0.250. The molecule has 1 heterocycles. The van der Waals surface area contributed by atoms with Gasteiger partial charge in [-0.1, -0.05) is 35.3 Å². The first-order valence-corrected chi connectivity index (χ1v) is 7.53. The van der Waals surface area contributed by atoms with Crippen molar-refractivity contribution in [3.8, 4) is 0 Å². The lowest BCUT2D eigenvalue weighted by Gasteiger charge is -2.15. The first-order valence-electron chi connectivity index (χ1n) is 6.77. The quantitative estimate of drug-likeness (QED) is 0.880. The fourth-order valence-electron chi connectivity index (χ4n) is 1.99. The predicted octanol–water partition coefficient (Wildman–Crippen LogP) is 3.09. The van der Waals surface area contributed by atoms with Gasteiger partial charge in [0.05, 0.1) is 12.5 Å². The zero-order valence-corrected chi connectivity index (χ0v) is 13.5. The van der Waals surface area contributed by atoms with Gasteiger partial charge in [0.2, 0.25) is 5.91 Å². The number of halogens is 2. The Hall–Kier alpha value is -1.62. The molecule has 0 aliphatic heterocycles. The Bertz CT molecular complexity index is 639. The van der Waals surface area contributed by atoms with Gasteiger partial charge in [-0.05, 0) is 30.7 Å². The number of nitrogens with zero attached hydrogens (tertiary/aromatic N) is 1. The Kier molecular flexibility index (Phi) is 5.77. The molecule has 0 aliphatic rings. The highest BCUT2D eigenvalue weighted by Gasteiger charge is 2.16. The van der Waals surface area contributed by atoms with Crippen molar-refractivity contribution in [2.45, 2.75) is 19.4 Å². The van der Waals surface area contributed by atoms with Gasteiger partial charge >= 0.3 is 0 Å². The third-order valence-electron chi connectivity index (χ3n) is 3.16. The van der Waals surface area contributed by atoms with Gasteiger partial charge in [-0.3, -0.25) is 9.78 Å². The average Bonchev–Trinajstić information content (AvgIpc) is 2.47.